The molecule has 4 aliphatic heterocycles. The topological polar surface area (TPSA) is 17.4 Å². The molecule has 0 unspecified atom stereocenters. The first-order valence-corrected chi connectivity index (χ1v) is 6.96. The van der Waals surface area contributed by atoms with E-state index >= 15 is 0 Å². The van der Waals surface area contributed by atoms with Crippen molar-refractivity contribution in [3.63, 3.8) is 0 Å². The summed E-state index contributed by atoms with van der Waals surface area (Å²) in [5, 5.41) is 0. The molecule has 0 N–H and O–H groups in total. The maximum absolute atomic E-state index is 6.47. The molecule has 4 atom stereocenters. The molecule has 1 aromatic heterocycles. The Labute approximate surface area is 101 Å². The second-order valence-corrected chi connectivity index (χ2v) is 6.15. The van der Waals surface area contributed by atoms with Crippen LogP contribution >= 0.6 is 0 Å². The highest BCUT2D eigenvalue weighted by Crippen LogP contribution is 2.58. The van der Waals surface area contributed by atoms with Crippen molar-refractivity contribution < 1.29 is 4.74 Å². The summed E-state index contributed by atoms with van der Waals surface area (Å²) >= 11 is 0. The van der Waals surface area contributed by atoms with Crippen LogP contribution in [0.4, 0.5) is 0 Å². The lowest BCUT2D eigenvalue weighted by Gasteiger charge is -2.53. The fourth-order valence-corrected chi connectivity index (χ4v) is 4.99. The average molecular weight is 230 g/mol. The minimum atomic E-state index is 0.0945. The van der Waals surface area contributed by atoms with E-state index in [1.54, 1.807) is 0 Å². The van der Waals surface area contributed by atoms with Crippen LogP contribution in [0.15, 0.2) is 18.3 Å². The largest absolute Gasteiger partial charge is 0.355 e. The summed E-state index contributed by atoms with van der Waals surface area (Å²) in [5.41, 5.74) is 1.62. The molecule has 2 bridgehead atoms. The Morgan fingerprint density at radius 1 is 1.35 bits per heavy atom. The average Bonchev–Trinajstić information content (AvgIpc) is 2.97. The molecular weight excluding hydrogens is 212 g/mol. The number of hydrogen-bond donors (Lipinski definition) is 0. The lowest BCUT2D eigenvalue weighted by Crippen LogP contribution is -2.60. The standard InChI is InChI=1S/C14H18N2O/c1-3-12-13-4-2-5-15(13)8-10-7-11-9-16(6-1)14(10,12)17-11/h2,4-5,10-12H,1,3,6-9H2/t10-,11-,12-,14-/m1/s1. The molecule has 0 amide bonds. The first kappa shape index (κ1) is 9.17. The minimum absolute atomic E-state index is 0.0945. The molecule has 0 aromatic carbocycles. The number of ether oxygens (including phenoxy) is 1. The molecule has 1 spiro atoms. The van der Waals surface area contributed by atoms with E-state index in [2.05, 4.69) is 27.8 Å². The normalized spacial score (nSPS) is 46.9. The Kier molecular flexibility index (Phi) is 1.50. The molecule has 90 valence electrons. The van der Waals surface area contributed by atoms with Crippen LogP contribution in [0.3, 0.4) is 0 Å². The van der Waals surface area contributed by atoms with Crippen molar-refractivity contribution >= 4 is 0 Å². The summed E-state index contributed by atoms with van der Waals surface area (Å²) < 4.78 is 8.95. The SMILES string of the molecule is c1cc2n(c1)C[C@H]1C[C@@H]3CN4CCC[C@H]2[C@]14O3. The number of aromatic nitrogens is 1. The zero-order valence-electron chi connectivity index (χ0n) is 10.0. The van der Waals surface area contributed by atoms with Crippen molar-refractivity contribution in [1.82, 2.24) is 9.47 Å². The molecule has 3 nitrogen and oxygen atoms in total. The van der Waals surface area contributed by atoms with Gasteiger partial charge in [0.2, 0.25) is 0 Å². The molecule has 5 heterocycles. The highest BCUT2D eigenvalue weighted by molar-refractivity contribution is 5.26. The van der Waals surface area contributed by atoms with Crippen LogP contribution < -0.4 is 0 Å². The number of nitrogens with zero attached hydrogens (tertiary/aromatic N) is 2. The fraction of sp³-hybridized carbons (Fsp3) is 0.714. The quantitative estimate of drug-likeness (QED) is 0.676. The van der Waals surface area contributed by atoms with Crippen molar-refractivity contribution in [2.45, 2.75) is 43.6 Å². The number of rotatable bonds is 0. The molecule has 3 saturated heterocycles. The zero-order valence-corrected chi connectivity index (χ0v) is 10.0. The number of hydrogen-bond acceptors (Lipinski definition) is 2. The third-order valence-corrected chi connectivity index (χ3v) is 5.46. The van der Waals surface area contributed by atoms with Crippen LogP contribution in [0.25, 0.3) is 0 Å². The summed E-state index contributed by atoms with van der Waals surface area (Å²) in [5.74, 6) is 1.35. The Bertz CT molecular complexity index is 482. The molecular formula is C14H18N2O. The molecule has 3 heteroatoms. The Hall–Kier alpha value is -0.800. The lowest BCUT2D eigenvalue weighted by atomic mass is 9.72. The second kappa shape index (κ2) is 2.78. The van der Waals surface area contributed by atoms with Gasteiger partial charge in [0.05, 0.1) is 6.10 Å². The van der Waals surface area contributed by atoms with Crippen LogP contribution in [0.1, 0.15) is 30.9 Å². The Morgan fingerprint density at radius 3 is 3.35 bits per heavy atom. The van der Waals surface area contributed by atoms with Gasteiger partial charge in [-0.1, -0.05) is 0 Å². The van der Waals surface area contributed by atoms with Crippen LogP contribution in [-0.4, -0.2) is 34.4 Å². The summed E-state index contributed by atoms with van der Waals surface area (Å²) in [6, 6.07) is 4.52. The van der Waals surface area contributed by atoms with E-state index in [1.807, 2.05) is 0 Å². The van der Waals surface area contributed by atoms with Gasteiger partial charge in [0.25, 0.3) is 0 Å². The fourth-order valence-electron chi connectivity index (χ4n) is 4.99. The van der Waals surface area contributed by atoms with E-state index in [4.69, 9.17) is 4.74 Å². The van der Waals surface area contributed by atoms with Crippen LogP contribution in [-0.2, 0) is 11.3 Å². The van der Waals surface area contributed by atoms with E-state index in [9.17, 15) is 0 Å². The van der Waals surface area contributed by atoms with Gasteiger partial charge in [-0.05, 0) is 31.4 Å². The molecule has 3 fully saturated rings. The van der Waals surface area contributed by atoms with Gasteiger partial charge < -0.3 is 9.30 Å². The highest BCUT2D eigenvalue weighted by atomic mass is 16.6. The van der Waals surface area contributed by atoms with Gasteiger partial charge in [-0.25, -0.2) is 0 Å². The van der Waals surface area contributed by atoms with E-state index < -0.39 is 0 Å². The van der Waals surface area contributed by atoms with Crippen molar-refractivity contribution in [2.75, 3.05) is 13.1 Å². The predicted octanol–water partition coefficient (Wildman–Crippen LogP) is 1.80. The van der Waals surface area contributed by atoms with Crippen LogP contribution in [0, 0.1) is 5.92 Å². The smallest absolute Gasteiger partial charge is 0.135 e. The highest BCUT2D eigenvalue weighted by Gasteiger charge is 2.65. The summed E-state index contributed by atoms with van der Waals surface area (Å²) in [7, 11) is 0. The number of piperidine rings is 2. The second-order valence-electron chi connectivity index (χ2n) is 6.15. The van der Waals surface area contributed by atoms with Gasteiger partial charge in [-0.2, -0.15) is 0 Å². The van der Waals surface area contributed by atoms with Crippen LogP contribution in [0.5, 0.6) is 0 Å². The summed E-state index contributed by atoms with van der Waals surface area (Å²) in [6.45, 7) is 3.61. The van der Waals surface area contributed by atoms with E-state index in [0.29, 0.717) is 12.0 Å². The van der Waals surface area contributed by atoms with E-state index in [1.165, 1.54) is 44.6 Å². The van der Waals surface area contributed by atoms with Gasteiger partial charge in [-0.15, -0.1) is 0 Å². The third-order valence-electron chi connectivity index (χ3n) is 5.46. The van der Waals surface area contributed by atoms with E-state index in [-0.39, 0.29) is 5.72 Å². The van der Waals surface area contributed by atoms with Gasteiger partial charge in [0, 0.05) is 43.4 Å². The number of fused-ring (bicyclic) bond motifs is 3. The van der Waals surface area contributed by atoms with Crippen molar-refractivity contribution in [1.29, 1.82) is 0 Å². The minimum Gasteiger partial charge on any atom is -0.355 e. The lowest BCUT2D eigenvalue weighted by molar-refractivity contribution is -0.146. The van der Waals surface area contributed by atoms with Gasteiger partial charge in [-0.3, -0.25) is 4.90 Å². The molecule has 17 heavy (non-hydrogen) atoms. The van der Waals surface area contributed by atoms with Gasteiger partial charge in [0.15, 0.2) is 0 Å². The molecule has 0 saturated carbocycles. The first-order valence-electron chi connectivity index (χ1n) is 6.96. The first-order chi connectivity index (χ1) is 8.38. The van der Waals surface area contributed by atoms with Crippen molar-refractivity contribution in [3.05, 3.63) is 24.0 Å². The Morgan fingerprint density at radius 2 is 2.35 bits per heavy atom. The molecule has 0 aliphatic carbocycles. The Balaban J connectivity index is 1.73. The van der Waals surface area contributed by atoms with Crippen molar-refractivity contribution in [2.24, 2.45) is 5.92 Å². The summed E-state index contributed by atoms with van der Waals surface area (Å²) in [4.78, 5) is 2.66. The predicted molar refractivity (Wildman–Crippen MR) is 63.7 cm³/mol. The van der Waals surface area contributed by atoms with Crippen molar-refractivity contribution in [3.8, 4) is 0 Å². The summed E-state index contributed by atoms with van der Waals surface area (Å²) in [6.07, 6.45) is 6.70. The zero-order chi connectivity index (χ0) is 11.0. The molecule has 4 aliphatic rings. The monoisotopic (exact) mass is 230 g/mol. The maximum atomic E-state index is 6.47. The van der Waals surface area contributed by atoms with Gasteiger partial charge >= 0.3 is 0 Å². The molecule has 1 aromatic rings. The van der Waals surface area contributed by atoms with Crippen LogP contribution in [0.2, 0.25) is 0 Å². The molecule has 0 radical (unpaired) electrons. The third kappa shape index (κ3) is 0.902. The maximum Gasteiger partial charge on any atom is 0.135 e. The van der Waals surface area contributed by atoms with Gasteiger partial charge in [0.1, 0.15) is 5.72 Å². The van der Waals surface area contributed by atoms with E-state index in [0.717, 1.165) is 5.92 Å². The molecule has 5 rings (SSSR count).